The van der Waals surface area contributed by atoms with Gasteiger partial charge in [0.05, 0.1) is 0 Å². The number of hydrogen-bond acceptors (Lipinski definition) is 2. The SMILES string of the molecule is CCc1ccc2c(c1)P(C(C)C)c1cc3c(cc1Nc1cc4c(cc1P(C(C)C)c1cc5c(cc1N2)CC=C5)CC=C4)CC=C3. The fourth-order valence-corrected chi connectivity index (χ4v) is 13.0. The molecular weight excluding hydrogens is 582 g/mol. The number of fused-ring (bicyclic) bond motifs is 7. The van der Waals surface area contributed by atoms with Gasteiger partial charge in [-0.1, -0.05) is 77.1 Å². The zero-order chi connectivity index (χ0) is 30.8. The quantitative estimate of drug-likeness (QED) is 0.222. The smallest absolute Gasteiger partial charge is 0.0472 e. The standard InChI is InChI=1S/C41H42N2P2/c1-6-27-16-17-34-38(18-27)44(25(2)3)40-23-32-14-8-11-29(32)20-36(40)43-37-21-30-12-9-15-33(30)24-41(37)45(26(4)5)39-22-31-13-7-10-28(31)19-35(39)42-34/h7-9,12-14,16-26,42-43H,6,10-11,15H2,1-5H3. The van der Waals surface area contributed by atoms with Crippen molar-refractivity contribution in [1.82, 2.24) is 0 Å². The van der Waals surface area contributed by atoms with E-state index >= 15 is 0 Å². The third-order valence-corrected chi connectivity index (χ3v) is 15.4. The lowest BCUT2D eigenvalue weighted by molar-refractivity contribution is 1.10. The van der Waals surface area contributed by atoms with Crippen molar-refractivity contribution < 1.29 is 0 Å². The van der Waals surface area contributed by atoms with Crippen LogP contribution in [0.2, 0.25) is 0 Å². The molecule has 3 aliphatic carbocycles. The Morgan fingerprint density at radius 1 is 0.533 bits per heavy atom. The van der Waals surface area contributed by atoms with Gasteiger partial charge in [-0.2, -0.15) is 0 Å². The molecule has 0 saturated heterocycles. The summed E-state index contributed by atoms with van der Waals surface area (Å²) >= 11 is 0. The average molecular weight is 625 g/mol. The van der Waals surface area contributed by atoms with Crippen LogP contribution in [0, 0.1) is 0 Å². The van der Waals surface area contributed by atoms with Gasteiger partial charge in [-0.3, -0.25) is 0 Å². The molecule has 2 N–H and O–H groups in total. The van der Waals surface area contributed by atoms with Crippen molar-refractivity contribution in [2.75, 3.05) is 10.6 Å². The fraction of sp³-hybridized carbons (Fsp3) is 0.268. The summed E-state index contributed by atoms with van der Waals surface area (Å²) in [7, 11) is -1.36. The fourth-order valence-electron chi connectivity index (χ4n) is 7.54. The van der Waals surface area contributed by atoms with Crippen molar-refractivity contribution in [3.63, 3.8) is 0 Å². The summed E-state index contributed by atoms with van der Waals surface area (Å²) in [6.45, 7) is 12.0. The van der Waals surface area contributed by atoms with Crippen LogP contribution >= 0.6 is 15.8 Å². The Kier molecular flexibility index (Phi) is 7.36. The van der Waals surface area contributed by atoms with Gasteiger partial charge >= 0.3 is 0 Å². The lowest BCUT2D eigenvalue weighted by atomic mass is 10.1. The molecule has 0 bridgehead atoms. The topological polar surface area (TPSA) is 24.1 Å². The van der Waals surface area contributed by atoms with Crippen LogP contribution in [0.25, 0.3) is 18.2 Å². The first-order valence-electron chi connectivity index (χ1n) is 16.6. The summed E-state index contributed by atoms with van der Waals surface area (Å²) in [6, 6.07) is 22.2. The zero-order valence-electron chi connectivity index (χ0n) is 27.0. The molecule has 2 unspecified atom stereocenters. The molecule has 226 valence electrons. The maximum absolute atomic E-state index is 4.17. The third-order valence-electron chi connectivity index (χ3n) is 9.76. The highest BCUT2D eigenvalue weighted by molar-refractivity contribution is 7.74. The van der Waals surface area contributed by atoms with Gasteiger partial charge in [0.15, 0.2) is 0 Å². The number of nitrogens with one attached hydrogen (secondary N) is 2. The van der Waals surface area contributed by atoms with Crippen LogP contribution in [0.15, 0.2) is 72.8 Å². The van der Waals surface area contributed by atoms with Crippen molar-refractivity contribution >= 4 is 78.0 Å². The first kappa shape index (κ1) is 29.0. The van der Waals surface area contributed by atoms with Crippen LogP contribution in [0.5, 0.6) is 0 Å². The molecule has 0 fully saturated rings. The minimum absolute atomic E-state index is 0.471. The molecule has 1 aliphatic heterocycles. The van der Waals surface area contributed by atoms with Gasteiger partial charge in [0.1, 0.15) is 0 Å². The van der Waals surface area contributed by atoms with E-state index in [-0.39, 0.29) is 0 Å². The normalized spacial score (nSPS) is 18.6. The second kappa shape index (κ2) is 11.4. The van der Waals surface area contributed by atoms with E-state index in [1.165, 1.54) is 82.9 Å². The lowest BCUT2D eigenvalue weighted by Crippen LogP contribution is -2.28. The van der Waals surface area contributed by atoms with Gasteiger partial charge < -0.3 is 10.6 Å². The molecule has 2 nitrogen and oxygen atoms in total. The Morgan fingerprint density at radius 3 is 1.51 bits per heavy atom. The predicted octanol–water partition coefficient (Wildman–Crippen LogP) is 9.44. The van der Waals surface area contributed by atoms with Crippen molar-refractivity contribution in [2.45, 2.75) is 71.6 Å². The van der Waals surface area contributed by atoms with Gasteiger partial charge in [-0.15, -0.1) is 0 Å². The summed E-state index contributed by atoms with van der Waals surface area (Å²) in [5.41, 5.74) is 15.9. The monoisotopic (exact) mass is 624 g/mol. The number of benzene rings is 4. The largest absolute Gasteiger partial charge is 0.354 e. The number of allylic oxidation sites excluding steroid dienone is 3. The van der Waals surface area contributed by atoms with Gasteiger partial charge in [-0.05, 0) is 140 Å². The number of rotatable bonds is 3. The van der Waals surface area contributed by atoms with Gasteiger partial charge in [0.25, 0.3) is 0 Å². The Hall–Kier alpha value is -3.44. The maximum Gasteiger partial charge on any atom is 0.0472 e. The first-order chi connectivity index (χ1) is 21.9. The minimum Gasteiger partial charge on any atom is -0.354 e. The minimum atomic E-state index is -0.679. The lowest BCUT2D eigenvalue weighted by Gasteiger charge is -2.33. The highest BCUT2D eigenvalue weighted by Crippen LogP contribution is 2.50. The van der Waals surface area contributed by atoms with Crippen molar-refractivity contribution in [3.8, 4) is 0 Å². The zero-order valence-corrected chi connectivity index (χ0v) is 28.8. The van der Waals surface area contributed by atoms with E-state index in [0.717, 1.165) is 25.7 Å². The maximum atomic E-state index is 4.17. The molecule has 4 aliphatic rings. The first-order valence-corrected chi connectivity index (χ1v) is 19.5. The molecule has 45 heavy (non-hydrogen) atoms. The molecule has 0 spiro atoms. The summed E-state index contributed by atoms with van der Waals surface area (Å²) in [4.78, 5) is 0. The van der Waals surface area contributed by atoms with Crippen LogP contribution in [0.4, 0.5) is 22.7 Å². The van der Waals surface area contributed by atoms with E-state index < -0.39 is 15.8 Å². The summed E-state index contributed by atoms with van der Waals surface area (Å²) in [6.07, 6.45) is 18.0. The molecular formula is C41H42N2P2. The highest BCUT2D eigenvalue weighted by Gasteiger charge is 2.31. The summed E-state index contributed by atoms with van der Waals surface area (Å²) in [5.74, 6) is 0. The molecule has 4 aromatic carbocycles. The van der Waals surface area contributed by atoms with Crippen molar-refractivity contribution in [2.24, 2.45) is 0 Å². The Bertz CT molecular complexity index is 1940. The third kappa shape index (κ3) is 5.02. The summed E-state index contributed by atoms with van der Waals surface area (Å²) in [5, 5.41) is 14.1. The van der Waals surface area contributed by atoms with E-state index in [9.17, 15) is 0 Å². The second-order valence-corrected chi connectivity index (χ2v) is 18.9. The van der Waals surface area contributed by atoms with Crippen LogP contribution in [0.3, 0.4) is 0 Å². The molecule has 1 heterocycles. The molecule has 0 aromatic heterocycles. The van der Waals surface area contributed by atoms with Gasteiger partial charge in [0.2, 0.25) is 0 Å². The molecule has 2 atom stereocenters. The van der Waals surface area contributed by atoms with Crippen LogP contribution in [-0.4, -0.2) is 11.3 Å². The Labute approximate surface area is 271 Å². The second-order valence-electron chi connectivity index (χ2n) is 13.4. The van der Waals surface area contributed by atoms with E-state index in [4.69, 9.17) is 0 Å². The molecule has 0 radical (unpaired) electrons. The Morgan fingerprint density at radius 2 is 0.978 bits per heavy atom. The van der Waals surface area contributed by atoms with Crippen LogP contribution < -0.4 is 31.9 Å². The van der Waals surface area contributed by atoms with E-state index in [1.807, 2.05) is 0 Å². The number of aryl methyl sites for hydroxylation is 1. The highest BCUT2D eigenvalue weighted by atomic mass is 31.1. The molecule has 0 amide bonds. The molecule has 4 aromatic rings. The average Bonchev–Trinajstić information content (AvgIpc) is 3.78. The van der Waals surface area contributed by atoms with Gasteiger partial charge in [0, 0.05) is 44.0 Å². The van der Waals surface area contributed by atoms with Crippen LogP contribution in [-0.2, 0) is 25.7 Å². The van der Waals surface area contributed by atoms with Gasteiger partial charge in [-0.25, -0.2) is 0 Å². The molecule has 0 saturated carbocycles. The van der Waals surface area contributed by atoms with E-state index in [2.05, 4.69) is 136 Å². The van der Waals surface area contributed by atoms with Crippen LogP contribution in [0.1, 0.15) is 73.6 Å². The number of anilines is 4. The van der Waals surface area contributed by atoms with E-state index in [1.54, 1.807) is 0 Å². The predicted molar refractivity (Wildman–Crippen MR) is 203 cm³/mol. The Balaban J connectivity index is 1.46. The molecule has 4 heteroatoms. The van der Waals surface area contributed by atoms with E-state index in [0.29, 0.717) is 11.3 Å². The number of hydrogen-bond donors (Lipinski definition) is 2. The molecule has 8 rings (SSSR count). The van der Waals surface area contributed by atoms with Crippen molar-refractivity contribution in [3.05, 3.63) is 112 Å². The van der Waals surface area contributed by atoms with Crippen molar-refractivity contribution in [1.29, 1.82) is 0 Å². The summed E-state index contributed by atoms with van der Waals surface area (Å²) < 4.78 is 0.